The number of nitrogens with one attached hydrogen (secondary N) is 1. The van der Waals surface area contributed by atoms with Crippen molar-refractivity contribution in [2.24, 2.45) is 5.92 Å². The van der Waals surface area contributed by atoms with E-state index >= 15 is 0 Å². The SMILES string of the molecule is CC(C)C[C@H](NC(=O)[C@H]1O[C@@H]1C(=O)O)C(=O)O. The van der Waals surface area contributed by atoms with Crippen molar-refractivity contribution in [2.45, 2.75) is 38.5 Å². The van der Waals surface area contributed by atoms with Crippen molar-refractivity contribution in [1.82, 2.24) is 5.32 Å². The van der Waals surface area contributed by atoms with Crippen LogP contribution in [0.25, 0.3) is 0 Å². The lowest BCUT2D eigenvalue weighted by atomic mass is 10.0. The van der Waals surface area contributed by atoms with Gasteiger partial charge in [-0.3, -0.25) is 4.79 Å². The quantitative estimate of drug-likeness (QED) is 0.541. The second kappa shape index (κ2) is 5.13. The molecule has 1 fully saturated rings. The molecule has 1 saturated heterocycles. The zero-order valence-electron chi connectivity index (χ0n) is 9.54. The number of rotatable bonds is 6. The molecule has 0 saturated carbocycles. The molecule has 0 radical (unpaired) electrons. The number of epoxide rings is 1. The van der Waals surface area contributed by atoms with Crippen molar-refractivity contribution in [2.75, 3.05) is 0 Å². The van der Waals surface area contributed by atoms with Gasteiger partial charge in [0.1, 0.15) is 6.04 Å². The molecule has 3 atom stereocenters. The van der Waals surface area contributed by atoms with Crippen LogP contribution in [-0.4, -0.2) is 46.3 Å². The standard InChI is InChI=1S/C10H15NO6/c1-4(2)3-5(9(13)14)11-8(12)6-7(17-6)10(15)16/h4-7H,3H2,1-2H3,(H,11,12)(H,13,14)(H,15,16)/t5-,6-,7-/m0/s1. The summed E-state index contributed by atoms with van der Waals surface area (Å²) in [6.45, 7) is 3.66. The Morgan fingerprint density at radius 2 is 1.82 bits per heavy atom. The lowest BCUT2D eigenvalue weighted by Gasteiger charge is -2.15. The van der Waals surface area contributed by atoms with Crippen molar-refractivity contribution in [3.05, 3.63) is 0 Å². The molecule has 0 unspecified atom stereocenters. The average molecular weight is 245 g/mol. The molecule has 3 N–H and O–H groups in total. The number of ether oxygens (including phenoxy) is 1. The molecule has 17 heavy (non-hydrogen) atoms. The highest BCUT2D eigenvalue weighted by molar-refractivity contribution is 5.94. The number of hydrogen-bond acceptors (Lipinski definition) is 4. The average Bonchev–Trinajstić information content (AvgIpc) is 2.94. The van der Waals surface area contributed by atoms with Crippen LogP contribution in [0.15, 0.2) is 0 Å². The largest absolute Gasteiger partial charge is 0.480 e. The Balaban J connectivity index is 2.48. The number of aliphatic carboxylic acids is 2. The minimum Gasteiger partial charge on any atom is -0.480 e. The van der Waals surface area contributed by atoms with Gasteiger partial charge in [0.25, 0.3) is 5.91 Å². The maximum atomic E-state index is 11.5. The molecule has 0 spiro atoms. The predicted molar refractivity (Wildman–Crippen MR) is 55.3 cm³/mol. The third kappa shape index (κ3) is 3.70. The van der Waals surface area contributed by atoms with Crippen LogP contribution in [0.4, 0.5) is 0 Å². The number of hydrogen-bond donors (Lipinski definition) is 3. The van der Waals surface area contributed by atoms with Crippen LogP contribution in [0.3, 0.4) is 0 Å². The highest BCUT2D eigenvalue weighted by atomic mass is 16.6. The summed E-state index contributed by atoms with van der Waals surface area (Å²) in [6, 6.07) is -1.01. The molecule has 1 aliphatic rings. The Hall–Kier alpha value is -1.63. The second-order valence-electron chi connectivity index (χ2n) is 4.34. The smallest absolute Gasteiger partial charge is 0.336 e. The second-order valence-corrected chi connectivity index (χ2v) is 4.34. The molecule has 0 aliphatic carbocycles. The minimum absolute atomic E-state index is 0.104. The Bertz CT molecular complexity index is 340. The molecular weight excluding hydrogens is 230 g/mol. The van der Waals surface area contributed by atoms with Gasteiger partial charge >= 0.3 is 11.9 Å². The molecule has 0 bridgehead atoms. The van der Waals surface area contributed by atoms with Gasteiger partial charge in [-0.05, 0) is 12.3 Å². The van der Waals surface area contributed by atoms with Gasteiger partial charge < -0.3 is 20.3 Å². The van der Waals surface area contributed by atoms with Crippen LogP contribution >= 0.6 is 0 Å². The van der Waals surface area contributed by atoms with E-state index in [1.807, 2.05) is 13.8 Å². The van der Waals surface area contributed by atoms with Gasteiger partial charge in [0.2, 0.25) is 0 Å². The summed E-state index contributed by atoms with van der Waals surface area (Å²) in [7, 11) is 0. The van der Waals surface area contributed by atoms with Gasteiger partial charge in [0, 0.05) is 0 Å². The maximum Gasteiger partial charge on any atom is 0.336 e. The van der Waals surface area contributed by atoms with E-state index in [2.05, 4.69) is 10.1 Å². The van der Waals surface area contributed by atoms with Crippen molar-refractivity contribution in [1.29, 1.82) is 0 Å². The zero-order valence-corrected chi connectivity index (χ0v) is 9.54. The highest BCUT2D eigenvalue weighted by Crippen LogP contribution is 2.22. The summed E-state index contributed by atoms with van der Waals surface area (Å²) in [5.74, 6) is -2.95. The van der Waals surface area contributed by atoms with Crippen LogP contribution < -0.4 is 5.32 Å². The van der Waals surface area contributed by atoms with E-state index in [0.29, 0.717) is 0 Å². The maximum absolute atomic E-state index is 11.5. The molecule has 7 heteroatoms. The van der Waals surface area contributed by atoms with E-state index in [-0.39, 0.29) is 12.3 Å². The van der Waals surface area contributed by atoms with Crippen LogP contribution in [0.2, 0.25) is 0 Å². The van der Waals surface area contributed by atoms with E-state index < -0.39 is 36.1 Å². The molecule has 1 heterocycles. The summed E-state index contributed by atoms with van der Waals surface area (Å²) in [5.41, 5.74) is 0. The van der Waals surface area contributed by atoms with E-state index in [0.717, 1.165) is 0 Å². The molecule has 0 aromatic heterocycles. The first-order valence-corrected chi connectivity index (χ1v) is 5.24. The Labute approximate surface area is 97.8 Å². The number of carbonyl (C=O) groups excluding carboxylic acids is 1. The first kappa shape index (κ1) is 13.4. The molecular formula is C10H15NO6. The van der Waals surface area contributed by atoms with Gasteiger partial charge in [0.05, 0.1) is 0 Å². The van der Waals surface area contributed by atoms with Gasteiger partial charge in [0.15, 0.2) is 12.2 Å². The third-order valence-electron chi connectivity index (χ3n) is 2.32. The first-order valence-electron chi connectivity index (χ1n) is 5.24. The topological polar surface area (TPSA) is 116 Å². The van der Waals surface area contributed by atoms with E-state index in [1.54, 1.807) is 0 Å². The zero-order chi connectivity index (χ0) is 13.2. The number of carboxylic acid groups (broad SMARTS) is 2. The number of amides is 1. The van der Waals surface area contributed by atoms with Crippen molar-refractivity contribution in [3.63, 3.8) is 0 Å². The van der Waals surface area contributed by atoms with Crippen molar-refractivity contribution >= 4 is 17.8 Å². The summed E-state index contributed by atoms with van der Waals surface area (Å²) >= 11 is 0. The van der Waals surface area contributed by atoms with Gasteiger partial charge in [-0.25, -0.2) is 9.59 Å². The lowest BCUT2D eigenvalue weighted by molar-refractivity contribution is -0.142. The molecule has 96 valence electrons. The summed E-state index contributed by atoms with van der Waals surface area (Å²) in [4.78, 5) is 32.8. The van der Waals surface area contributed by atoms with E-state index in [4.69, 9.17) is 10.2 Å². The minimum atomic E-state index is -1.22. The van der Waals surface area contributed by atoms with E-state index in [1.165, 1.54) is 0 Å². The molecule has 1 aliphatic heterocycles. The van der Waals surface area contributed by atoms with Crippen molar-refractivity contribution < 1.29 is 29.3 Å². The fraction of sp³-hybridized carbons (Fsp3) is 0.700. The molecule has 1 rings (SSSR count). The fourth-order valence-corrected chi connectivity index (χ4v) is 1.45. The third-order valence-corrected chi connectivity index (χ3v) is 2.32. The number of carbonyl (C=O) groups is 3. The van der Waals surface area contributed by atoms with Crippen LogP contribution in [0, 0.1) is 5.92 Å². The Morgan fingerprint density at radius 1 is 1.24 bits per heavy atom. The van der Waals surface area contributed by atoms with Gasteiger partial charge in [-0.1, -0.05) is 13.8 Å². The van der Waals surface area contributed by atoms with E-state index in [9.17, 15) is 14.4 Å². The molecule has 7 nitrogen and oxygen atoms in total. The first-order chi connectivity index (χ1) is 7.82. The molecule has 0 aromatic rings. The molecule has 0 aromatic carbocycles. The van der Waals surface area contributed by atoms with Crippen LogP contribution in [-0.2, 0) is 19.1 Å². The Kier molecular flexibility index (Phi) is 4.06. The molecule has 1 amide bonds. The highest BCUT2D eigenvalue weighted by Gasteiger charge is 2.51. The van der Waals surface area contributed by atoms with Gasteiger partial charge in [-0.2, -0.15) is 0 Å². The summed E-state index contributed by atoms with van der Waals surface area (Å²) in [6.07, 6.45) is -1.93. The summed E-state index contributed by atoms with van der Waals surface area (Å²) < 4.78 is 4.62. The monoisotopic (exact) mass is 245 g/mol. The Morgan fingerprint density at radius 3 is 2.18 bits per heavy atom. The predicted octanol–water partition coefficient (Wildman–Crippen LogP) is -0.546. The van der Waals surface area contributed by atoms with Gasteiger partial charge in [-0.15, -0.1) is 0 Å². The normalized spacial score (nSPS) is 24.2. The lowest BCUT2D eigenvalue weighted by Crippen LogP contribution is -2.44. The van der Waals surface area contributed by atoms with Crippen molar-refractivity contribution in [3.8, 4) is 0 Å². The van der Waals surface area contributed by atoms with Crippen LogP contribution in [0.1, 0.15) is 20.3 Å². The fourth-order valence-electron chi connectivity index (χ4n) is 1.45. The number of carboxylic acids is 2. The summed E-state index contributed by atoms with van der Waals surface area (Å²) in [5, 5.41) is 19.7. The van der Waals surface area contributed by atoms with Crippen LogP contribution in [0.5, 0.6) is 0 Å².